The van der Waals surface area contributed by atoms with Crippen molar-refractivity contribution in [2.45, 2.75) is 12.8 Å². The van der Waals surface area contributed by atoms with E-state index in [1.165, 1.54) is 0 Å². The number of nitrogens with one attached hydrogen (secondary N) is 1. The summed E-state index contributed by atoms with van der Waals surface area (Å²) in [6.07, 6.45) is 0. The Balaban J connectivity index is 1.79. The molecule has 0 amide bonds. The number of aryl methyl sites for hydroxylation is 1. The zero-order valence-electron chi connectivity index (χ0n) is 16.0. The number of pyridine rings is 1. The Bertz CT molecular complexity index is 1170. The van der Waals surface area contributed by atoms with Gasteiger partial charge in [0.25, 0.3) is 0 Å². The van der Waals surface area contributed by atoms with Crippen molar-refractivity contribution >= 4 is 16.7 Å². The Kier molecular flexibility index (Phi) is 4.11. The van der Waals surface area contributed by atoms with E-state index in [1.54, 1.807) is 0 Å². The first-order chi connectivity index (χ1) is 14.2. The number of allylic oxidation sites excluding steroid dienone is 1. The summed E-state index contributed by atoms with van der Waals surface area (Å²) >= 11 is 0. The van der Waals surface area contributed by atoms with Crippen LogP contribution >= 0.6 is 0 Å². The highest BCUT2D eigenvalue weighted by molar-refractivity contribution is 5.83. The van der Waals surface area contributed by atoms with E-state index in [-0.39, 0.29) is 5.88 Å². The number of aromatic amines is 1. The maximum Gasteiger partial charge on any atom is 0.244 e. The van der Waals surface area contributed by atoms with Crippen LogP contribution in [0.5, 0.6) is 5.88 Å². The second-order valence-electron chi connectivity index (χ2n) is 7.19. The Morgan fingerprint density at radius 1 is 1.28 bits per heavy atom. The zero-order chi connectivity index (χ0) is 20.0. The van der Waals surface area contributed by atoms with E-state index >= 15 is 0 Å². The summed E-state index contributed by atoms with van der Waals surface area (Å²) in [5.41, 5.74) is 9.96. The smallest absolute Gasteiger partial charge is 0.244 e. The number of para-hydroxylation sites is 1. The molecule has 4 heterocycles. The van der Waals surface area contributed by atoms with Crippen LogP contribution < -0.4 is 15.4 Å². The van der Waals surface area contributed by atoms with Gasteiger partial charge in [-0.25, -0.2) is 4.98 Å². The number of H-pyrrole nitrogens is 1. The predicted octanol–water partition coefficient (Wildman–Crippen LogP) is 2.32. The van der Waals surface area contributed by atoms with Gasteiger partial charge in [-0.3, -0.25) is 5.10 Å². The van der Waals surface area contributed by atoms with Crippen LogP contribution in [-0.4, -0.2) is 41.5 Å². The Hall–Kier alpha value is -3.57. The average Bonchev–Trinajstić information content (AvgIpc) is 3.12. The van der Waals surface area contributed by atoms with Crippen molar-refractivity contribution in [2.75, 3.05) is 31.2 Å². The zero-order valence-corrected chi connectivity index (χ0v) is 16.0. The van der Waals surface area contributed by atoms with E-state index in [0.29, 0.717) is 24.7 Å². The molecule has 8 heteroatoms. The number of morpholine rings is 1. The van der Waals surface area contributed by atoms with Gasteiger partial charge in [-0.2, -0.15) is 5.26 Å². The van der Waals surface area contributed by atoms with E-state index in [9.17, 15) is 5.26 Å². The van der Waals surface area contributed by atoms with Gasteiger partial charge in [0.15, 0.2) is 0 Å². The van der Waals surface area contributed by atoms with Crippen LogP contribution in [0, 0.1) is 18.3 Å². The second-order valence-corrected chi connectivity index (χ2v) is 7.19. The van der Waals surface area contributed by atoms with Crippen LogP contribution in [0.25, 0.3) is 10.9 Å². The van der Waals surface area contributed by atoms with Crippen LogP contribution in [-0.2, 0) is 4.74 Å². The van der Waals surface area contributed by atoms with E-state index in [4.69, 9.17) is 20.2 Å². The third-order valence-corrected chi connectivity index (χ3v) is 5.48. The van der Waals surface area contributed by atoms with Gasteiger partial charge in [0.1, 0.15) is 17.5 Å². The second kappa shape index (κ2) is 6.79. The highest BCUT2D eigenvalue weighted by atomic mass is 16.5. The van der Waals surface area contributed by atoms with Gasteiger partial charge in [0, 0.05) is 35.3 Å². The number of hydrogen-bond acceptors (Lipinski definition) is 7. The number of hydrogen-bond donors (Lipinski definition) is 2. The van der Waals surface area contributed by atoms with Gasteiger partial charge in [0.05, 0.1) is 24.6 Å². The summed E-state index contributed by atoms with van der Waals surface area (Å²) in [6.45, 7) is 4.67. The van der Waals surface area contributed by atoms with Crippen LogP contribution in [0.2, 0.25) is 0 Å². The first-order valence-electron chi connectivity index (χ1n) is 9.52. The van der Waals surface area contributed by atoms with Crippen LogP contribution in [0.1, 0.15) is 22.7 Å². The molecule has 5 rings (SSSR count). The summed E-state index contributed by atoms with van der Waals surface area (Å²) < 4.78 is 11.1. The molecule has 2 aliphatic heterocycles. The molecular weight excluding hydrogens is 368 g/mol. The van der Waals surface area contributed by atoms with E-state index in [1.807, 2.05) is 31.2 Å². The molecule has 1 aromatic carbocycles. The first kappa shape index (κ1) is 17.5. The standard InChI is InChI=1S/C21H20N6O2/c1-12-17-18(15(11-22)19(23)29-21(17)26-25-12)14-10-13-4-2-3-5-16(13)24-20(14)27-6-8-28-9-7-27/h2-5,10,18H,6-9,23H2,1H3,(H,25,26). The fourth-order valence-electron chi connectivity index (χ4n) is 4.07. The first-order valence-corrected chi connectivity index (χ1v) is 9.52. The molecule has 0 aliphatic carbocycles. The molecule has 8 nitrogen and oxygen atoms in total. The fraction of sp³-hybridized carbons (Fsp3) is 0.286. The fourth-order valence-corrected chi connectivity index (χ4v) is 4.07. The molecular formula is C21H20N6O2. The molecule has 3 aromatic rings. The number of benzene rings is 1. The lowest BCUT2D eigenvalue weighted by Gasteiger charge is -2.32. The number of anilines is 1. The number of nitrogens with two attached hydrogens (primary N) is 1. The van der Waals surface area contributed by atoms with Crippen molar-refractivity contribution < 1.29 is 9.47 Å². The SMILES string of the molecule is Cc1[nH]nc2c1C(c1cc3ccccc3nc1N1CCOCC1)C(C#N)=C(N)O2. The van der Waals surface area contributed by atoms with Gasteiger partial charge in [-0.05, 0) is 19.1 Å². The Morgan fingerprint density at radius 2 is 2.07 bits per heavy atom. The van der Waals surface area contributed by atoms with Crippen LogP contribution in [0.15, 0.2) is 41.8 Å². The monoisotopic (exact) mass is 388 g/mol. The van der Waals surface area contributed by atoms with Crippen LogP contribution in [0.4, 0.5) is 5.82 Å². The maximum atomic E-state index is 9.91. The van der Waals surface area contributed by atoms with Crippen molar-refractivity contribution in [2.24, 2.45) is 5.73 Å². The van der Waals surface area contributed by atoms with Gasteiger partial charge < -0.3 is 20.1 Å². The third kappa shape index (κ3) is 2.79. The lowest BCUT2D eigenvalue weighted by Crippen LogP contribution is -2.38. The summed E-state index contributed by atoms with van der Waals surface area (Å²) in [4.78, 5) is 7.19. The molecule has 146 valence electrons. The molecule has 0 spiro atoms. The van der Waals surface area contributed by atoms with E-state index in [2.05, 4.69) is 27.2 Å². The summed E-state index contributed by atoms with van der Waals surface area (Å²) in [5.74, 6) is 0.922. The number of nitriles is 1. The number of ether oxygens (including phenoxy) is 2. The Morgan fingerprint density at radius 3 is 2.86 bits per heavy atom. The van der Waals surface area contributed by atoms with Crippen molar-refractivity contribution in [1.82, 2.24) is 15.2 Å². The van der Waals surface area contributed by atoms with Gasteiger partial charge in [-0.15, -0.1) is 5.10 Å². The minimum Gasteiger partial charge on any atom is -0.420 e. The van der Waals surface area contributed by atoms with Crippen molar-refractivity contribution in [1.29, 1.82) is 5.26 Å². The van der Waals surface area contributed by atoms with Gasteiger partial charge in [-0.1, -0.05) is 18.2 Å². The van der Waals surface area contributed by atoms with E-state index < -0.39 is 5.92 Å². The topological polar surface area (TPSA) is 113 Å². The number of fused-ring (bicyclic) bond motifs is 2. The molecule has 29 heavy (non-hydrogen) atoms. The number of nitrogens with zero attached hydrogens (tertiary/aromatic N) is 4. The molecule has 1 fully saturated rings. The lowest BCUT2D eigenvalue weighted by molar-refractivity contribution is 0.122. The molecule has 0 bridgehead atoms. The molecule has 3 N–H and O–H groups in total. The number of aromatic nitrogens is 3. The molecule has 1 unspecified atom stereocenters. The minimum absolute atomic E-state index is 0.0811. The lowest BCUT2D eigenvalue weighted by atomic mass is 9.83. The van der Waals surface area contributed by atoms with Gasteiger partial charge >= 0.3 is 0 Å². The molecule has 0 saturated carbocycles. The molecule has 2 aliphatic rings. The van der Waals surface area contributed by atoms with Crippen molar-refractivity contribution in [3.05, 3.63) is 58.6 Å². The molecule has 0 radical (unpaired) electrons. The quantitative estimate of drug-likeness (QED) is 0.692. The Labute approximate surface area is 167 Å². The van der Waals surface area contributed by atoms with Gasteiger partial charge in [0.2, 0.25) is 11.8 Å². The largest absolute Gasteiger partial charge is 0.420 e. The summed E-state index contributed by atoms with van der Waals surface area (Å²) in [6, 6.07) is 12.3. The van der Waals surface area contributed by atoms with Crippen molar-refractivity contribution in [3.63, 3.8) is 0 Å². The van der Waals surface area contributed by atoms with Crippen molar-refractivity contribution in [3.8, 4) is 11.9 Å². The molecule has 1 atom stereocenters. The third-order valence-electron chi connectivity index (χ3n) is 5.48. The minimum atomic E-state index is -0.405. The average molecular weight is 388 g/mol. The highest BCUT2D eigenvalue weighted by Gasteiger charge is 2.37. The summed E-state index contributed by atoms with van der Waals surface area (Å²) in [7, 11) is 0. The highest BCUT2D eigenvalue weighted by Crippen LogP contribution is 2.45. The van der Waals surface area contributed by atoms with Crippen LogP contribution in [0.3, 0.4) is 0 Å². The van der Waals surface area contributed by atoms with E-state index in [0.717, 1.165) is 46.6 Å². The normalized spacial score (nSPS) is 19.0. The summed E-state index contributed by atoms with van der Waals surface area (Å²) in [5, 5.41) is 18.1. The predicted molar refractivity (Wildman–Crippen MR) is 107 cm³/mol. The molecule has 1 saturated heterocycles. The number of rotatable bonds is 2. The maximum absolute atomic E-state index is 9.91. The molecule has 2 aromatic heterocycles.